The minimum absolute atomic E-state index is 0.0230. The molecule has 4 nitrogen and oxygen atoms in total. The van der Waals surface area contributed by atoms with Gasteiger partial charge in [0.2, 0.25) is 5.88 Å². The van der Waals surface area contributed by atoms with E-state index in [1.807, 2.05) is 0 Å². The Morgan fingerprint density at radius 1 is 1.45 bits per heavy atom. The van der Waals surface area contributed by atoms with Crippen molar-refractivity contribution in [1.29, 1.82) is 0 Å². The van der Waals surface area contributed by atoms with Gasteiger partial charge in [0, 0.05) is 0 Å². The van der Waals surface area contributed by atoms with E-state index in [1.54, 1.807) is 0 Å². The van der Waals surface area contributed by atoms with Gasteiger partial charge >= 0.3 is 12.3 Å². The monoisotopic (exact) mass is 411 g/mol. The number of carbonyl (C=O) groups is 1. The maximum absolute atomic E-state index is 12.9. The summed E-state index contributed by atoms with van der Waals surface area (Å²) >= 11 is 1.53. The average molecular weight is 411 g/mol. The Kier molecular flexibility index (Phi) is 5.48. The highest BCUT2D eigenvalue weighted by Gasteiger charge is 2.35. The molecule has 0 atom stereocenters. The highest BCUT2D eigenvalue weighted by molar-refractivity contribution is 14.1. The van der Waals surface area contributed by atoms with E-state index in [2.05, 4.69) is 14.5 Å². The van der Waals surface area contributed by atoms with Gasteiger partial charge in [-0.05, 0) is 34.2 Å². The van der Waals surface area contributed by atoms with Crippen LogP contribution in [0.4, 0.5) is 22.0 Å². The smallest absolute Gasteiger partial charge is 0.469 e. The van der Waals surface area contributed by atoms with Crippen molar-refractivity contribution in [2.24, 2.45) is 0 Å². The van der Waals surface area contributed by atoms with E-state index in [-0.39, 0.29) is 9.26 Å². The van der Waals surface area contributed by atoms with Crippen molar-refractivity contribution in [3.8, 4) is 5.88 Å². The lowest BCUT2D eigenvalue weighted by atomic mass is 10.1. The van der Waals surface area contributed by atoms with Gasteiger partial charge < -0.3 is 9.47 Å². The van der Waals surface area contributed by atoms with Gasteiger partial charge in [-0.15, -0.1) is 13.2 Å². The number of methoxy groups -OCH3 is 1. The molecule has 0 radical (unpaired) electrons. The van der Waals surface area contributed by atoms with Crippen molar-refractivity contribution in [3.05, 3.63) is 20.9 Å². The van der Waals surface area contributed by atoms with Crippen LogP contribution in [-0.2, 0) is 16.0 Å². The molecule has 20 heavy (non-hydrogen) atoms. The number of alkyl halides is 5. The van der Waals surface area contributed by atoms with Gasteiger partial charge in [-0.1, -0.05) is 0 Å². The first-order valence-corrected chi connectivity index (χ1v) is 6.02. The lowest BCUT2D eigenvalue weighted by Crippen LogP contribution is -2.20. The van der Waals surface area contributed by atoms with Gasteiger partial charge in [0.05, 0.1) is 19.1 Å². The Balaban J connectivity index is 3.32. The second kappa shape index (κ2) is 6.50. The van der Waals surface area contributed by atoms with Crippen molar-refractivity contribution >= 4 is 28.6 Å². The summed E-state index contributed by atoms with van der Waals surface area (Å²) in [4.78, 5) is 14.4. The minimum Gasteiger partial charge on any atom is -0.469 e. The first-order valence-electron chi connectivity index (χ1n) is 4.94. The van der Waals surface area contributed by atoms with Crippen LogP contribution in [0.5, 0.6) is 5.88 Å². The van der Waals surface area contributed by atoms with Crippen LogP contribution in [0.25, 0.3) is 0 Å². The van der Waals surface area contributed by atoms with Crippen molar-refractivity contribution < 1.29 is 36.2 Å². The Morgan fingerprint density at radius 2 is 2.05 bits per heavy atom. The molecule has 0 amide bonds. The molecule has 0 aliphatic carbocycles. The zero-order valence-electron chi connectivity index (χ0n) is 9.80. The maximum Gasteiger partial charge on any atom is 0.574 e. The largest absolute Gasteiger partial charge is 0.574 e. The molecule has 0 saturated carbocycles. The number of aromatic nitrogens is 1. The lowest BCUT2D eigenvalue weighted by Gasteiger charge is -2.15. The van der Waals surface area contributed by atoms with E-state index in [9.17, 15) is 26.7 Å². The molecule has 0 N–H and O–H groups in total. The molecule has 0 aromatic carbocycles. The number of esters is 1. The molecule has 0 fully saturated rings. The summed E-state index contributed by atoms with van der Waals surface area (Å²) in [6, 6.07) is 1.07. The predicted molar refractivity (Wildman–Crippen MR) is 64.3 cm³/mol. The first-order chi connectivity index (χ1) is 9.14. The summed E-state index contributed by atoms with van der Waals surface area (Å²) in [5.41, 5.74) is -1.40. The number of carbonyl (C=O) groups excluding carboxylic acids is 1. The number of nitrogens with zero attached hydrogens (tertiary/aromatic N) is 1. The number of halogens is 6. The third kappa shape index (κ3) is 4.72. The lowest BCUT2D eigenvalue weighted by molar-refractivity contribution is -0.276. The topological polar surface area (TPSA) is 48.4 Å². The van der Waals surface area contributed by atoms with E-state index in [0.29, 0.717) is 0 Å². The van der Waals surface area contributed by atoms with E-state index < -0.39 is 36.6 Å². The number of pyridine rings is 1. The third-order valence-corrected chi connectivity index (χ3v) is 2.62. The van der Waals surface area contributed by atoms with Crippen LogP contribution in [0.1, 0.15) is 17.6 Å². The molecule has 0 aliphatic heterocycles. The Hall–Kier alpha value is -1.20. The molecule has 10 heteroatoms. The van der Waals surface area contributed by atoms with Crippen LogP contribution in [-0.4, -0.2) is 24.4 Å². The van der Waals surface area contributed by atoms with E-state index in [4.69, 9.17) is 0 Å². The summed E-state index contributed by atoms with van der Waals surface area (Å²) in [5, 5.41) is 0. The fraction of sp³-hybridized carbons (Fsp3) is 0.400. The number of hydrogen-bond acceptors (Lipinski definition) is 4. The van der Waals surface area contributed by atoms with Gasteiger partial charge in [0.25, 0.3) is 6.43 Å². The molecule has 0 spiro atoms. The molecular formula is C10H7F5INO3. The van der Waals surface area contributed by atoms with Crippen molar-refractivity contribution in [1.82, 2.24) is 4.98 Å². The summed E-state index contributed by atoms with van der Waals surface area (Å²) in [6.45, 7) is 0. The van der Waals surface area contributed by atoms with Gasteiger partial charge in [-0.2, -0.15) is 0 Å². The molecule has 1 aromatic rings. The minimum atomic E-state index is -5.16. The fourth-order valence-corrected chi connectivity index (χ4v) is 1.94. The second-order valence-corrected chi connectivity index (χ2v) is 4.53. The fourth-order valence-electron chi connectivity index (χ4n) is 1.34. The van der Waals surface area contributed by atoms with Gasteiger partial charge in [-0.3, -0.25) is 4.79 Å². The average Bonchev–Trinajstić information content (AvgIpc) is 2.24. The van der Waals surface area contributed by atoms with Gasteiger partial charge in [-0.25, -0.2) is 13.8 Å². The number of hydrogen-bond donors (Lipinski definition) is 0. The molecule has 1 rings (SSSR count). The van der Waals surface area contributed by atoms with Crippen LogP contribution < -0.4 is 4.74 Å². The Morgan fingerprint density at radius 3 is 2.50 bits per heavy atom. The van der Waals surface area contributed by atoms with E-state index in [1.165, 1.54) is 22.6 Å². The zero-order chi connectivity index (χ0) is 15.5. The Bertz CT molecular complexity index is 506. The van der Waals surface area contributed by atoms with Crippen LogP contribution in [0.2, 0.25) is 0 Å². The van der Waals surface area contributed by atoms with Gasteiger partial charge in [0.15, 0.2) is 0 Å². The number of rotatable bonds is 4. The molecule has 1 heterocycles. The summed E-state index contributed by atoms with van der Waals surface area (Å²) < 4.78 is 70.1. The van der Waals surface area contributed by atoms with Gasteiger partial charge in [0.1, 0.15) is 3.70 Å². The van der Waals surface area contributed by atoms with Crippen molar-refractivity contribution in [2.45, 2.75) is 19.2 Å². The number of ether oxygens (including phenoxy) is 2. The molecule has 1 aromatic heterocycles. The zero-order valence-corrected chi connectivity index (χ0v) is 12.0. The SMILES string of the molecule is COC(=O)Cc1cc(I)nc(OC(F)(F)F)c1C(F)F. The molecule has 112 valence electrons. The molecule has 0 saturated heterocycles. The van der Waals surface area contributed by atoms with Crippen LogP contribution >= 0.6 is 22.6 Å². The summed E-state index contributed by atoms with van der Waals surface area (Å²) in [6.07, 6.45) is -9.05. The third-order valence-electron chi connectivity index (χ3n) is 2.07. The highest BCUT2D eigenvalue weighted by atomic mass is 127. The second-order valence-electron chi connectivity index (χ2n) is 3.42. The first kappa shape index (κ1) is 16.9. The molecule has 0 bridgehead atoms. The normalized spacial score (nSPS) is 11.6. The standard InChI is InChI=1S/C10H7F5INO3/c1-19-6(18)3-4-2-5(16)17-9(7(4)8(11)12)20-10(13,14)15/h2,8H,3H2,1H3. The van der Waals surface area contributed by atoms with E-state index >= 15 is 0 Å². The van der Waals surface area contributed by atoms with Crippen LogP contribution in [0.3, 0.4) is 0 Å². The molecule has 0 unspecified atom stereocenters. The highest BCUT2D eigenvalue weighted by Crippen LogP contribution is 2.35. The van der Waals surface area contributed by atoms with Crippen LogP contribution in [0, 0.1) is 3.70 Å². The van der Waals surface area contributed by atoms with Crippen LogP contribution in [0.15, 0.2) is 6.07 Å². The molecular weight excluding hydrogens is 404 g/mol. The summed E-state index contributed by atoms with van der Waals surface area (Å²) in [7, 11) is 1.03. The maximum atomic E-state index is 12.9. The van der Waals surface area contributed by atoms with Crippen molar-refractivity contribution in [2.75, 3.05) is 7.11 Å². The quantitative estimate of drug-likeness (QED) is 0.331. The van der Waals surface area contributed by atoms with E-state index in [0.717, 1.165) is 13.2 Å². The van der Waals surface area contributed by atoms with Crippen molar-refractivity contribution in [3.63, 3.8) is 0 Å². The molecule has 0 aliphatic rings. The predicted octanol–water partition coefficient (Wildman–Crippen LogP) is 3.24. The summed E-state index contributed by atoms with van der Waals surface area (Å²) in [5.74, 6) is -2.13. The Labute approximate surface area is 123 Å².